The molecule has 1 atom stereocenters. The lowest BCUT2D eigenvalue weighted by molar-refractivity contribution is -0.139. The molecule has 1 heterocycles. The number of benzene rings is 2. The van der Waals surface area contributed by atoms with E-state index in [2.05, 4.69) is 0 Å². The molecule has 2 aromatic rings. The second-order valence-corrected chi connectivity index (χ2v) is 7.74. The van der Waals surface area contributed by atoms with Crippen LogP contribution in [-0.2, 0) is 28.3 Å². The van der Waals surface area contributed by atoms with Crippen LogP contribution in [0.25, 0.3) is 5.57 Å². The van der Waals surface area contributed by atoms with Gasteiger partial charge in [0, 0.05) is 12.3 Å². The van der Waals surface area contributed by atoms with E-state index < -0.39 is 41.4 Å². The van der Waals surface area contributed by atoms with E-state index >= 15 is 0 Å². The molecule has 0 bridgehead atoms. The van der Waals surface area contributed by atoms with Gasteiger partial charge in [-0.1, -0.05) is 30.3 Å². The van der Waals surface area contributed by atoms with Crippen molar-refractivity contribution in [3.8, 4) is 0 Å². The number of Topliss-reactive ketones (excluding diaryl/α,β-unsaturated/α-hetero) is 1. The number of hydrogen-bond acceptors (Lipinski definition) is 3. The second-order valence-electron chi connectivity index (χ2n) is 7.74. The minimum absolute atomic E-state index is 0.0156. The normalized spacial score (nSPS) is 22.1. The van der Waals surface area contributed by atoms with E-state index in [0.29, 0.717) is 12.8 Å². The molecule has 1 saturated carbocycles. The zero-order valence-electron chi connectivity index (χ0n) is 16.0. The quantitative estimate of drug-likeness (QED) is 0.652. The summed E-state index contributed by atoms with van der Waals surface area (Å²) in [7, 11) is 0. The Morgan fingerprint density at radius 3 is 2.26 bits per heavy atom. The van der Waals surface area contributed by atoms with Gasteiger partial charge in [-0.15, -0.1) is 0 Å². The molecule has 4 rings (SSSR count). The first-order chi connectivity index (χ1) is 14.4. The van der Waals surface area contributed by atoms with Crippen LogP contribution >= 0.6 is 0 Å². The van der Waals surface area contributed by atoms with Crippen LogP contribution < -0.4 is 5.73 Å². The molecule has 1 unspecified atom stereocenters. The first-order valence-corrected chi connectivity index (χ1v) is 9.50. The van der Waals surface area contributed by atoms with Crippen molar-refractivity contribution in [1.29, 1.82) is 0 Å². The highest BCUT2D eigenvalue weighted by atomic mass is 19.4. The molecule has 31 heavy (non-hydrogen) atoms. The van der Waals surface area contributed by atoms with Crippen LogP contribution in [0.1, 0.15) is 35.1 Å². The maximum absolute atomic E-state index is 13.4. The van der Waals surface area contributed by atoms with Gasteiger partial charge in [-0.25, -0.2) is 0 Å². The van der Waals surface area contributed by atoms with Gasteiger partial charge in [0.1, 0.15) is 5.76 Å². The molecule has 3 nitrogen and oxygen atoms in total. The van der Waals surface area contributed by atoms with Crippen LogP contribution in [0.3, 0.4) is 0 Å². The summed E-state index contributed by atoms with van der Waals surface area (Å²) in [6, 6.07) is 8.88. The van der Waals surface area contributed by atoms with Crippen molar-refractivity contribution in [2.45, 2.75) is 37.3 Å². The third-order valence-corrected chi connectivity index (χ3v) is 5.35. The van der Waals surface area contributed by atoms with Gasteiger partial charge in [-0.05, 0) is 42.2 Å². The van der Waals surface area contributed by atoms with Crippen molar-refractivity contribution < 1.29 is 35.9 Å². The molecule has 2 N–H and O–H groups in total. The number of ether oxygens (including phenoxy) is 1. The number of rotatable bonds is 4. The predicted octanol–water partition coefficient (Wildman–Crippen LogP) is 5.34. The van der Waals surface area contributed by atoms with Crippen LogP contribution in [0, 0.1) is 5.92 Å². The maximum Gasteiger partial charge on any atom is 0.416 e. The Morgan fingerprint density at radius 1 is 0.968 bits per heavy atom. The lowest BCUT2D eigenvalue weighted by Crippen LogP contribution is -2.49. The van der Waals surface area contributed by atoms with Crippen LogP contribution in [0.15, 0.2) is 54.3 Å². The predicted molar refractivity (Wildman–Crippen MR) is 99.2 cm³/mol. The van der Waals surface area contributed by atoms with Crippen LogP contribution in [0.2, 0.25) is 0 Å². The number of allylic oxidation sites excluding steroid dienone is 1. The molecule has 164 valence electrons. The molecular weight excluding hydrogens is 424 g/mol. The highest BCUT2D eigenvalue weighted by Crippen LogP contribution is 2.48. The first-order valence-electron chi connectivity index (χ1n) is 9.50. The van der Waals surface area contributed by atoms with E-state index in [1.54, 1.807) is 0 Å². The van der Waals surface area contributed by atoms with E-state index in [1.165, 1.54) is 30.3 Å². The average molecular weight is 441 g/mol. The lowest BCUT2D eigenvalue weighted by Gasteiger charge is -2.25. The Labute approximate surface area is 173 Å². The number of hydrogen-bond donors (Lipinski definition) is 1. The van der Waals surface area contributed by atoms with E-state index in [9.17, 15) is 31.1 Å². The summed E-state index contributed by atoms with van der Waals surface area (Å²) in [5, 5.41) is 0. The number of carbonyl (C=O) groups is 1. The van der Waals surface area contributed by atoms with Gasteiger partial charge in [0.25, 0.3) is 0 Å². The summed E-state index contributed by atoms with van der Waals surface area (Å²) in [4.78, 5) is 13.2. The van der Waals surface area contributed by atoms with Gasteiger partial charge in [0.2, 0.25) is 11.5 Å². The number of halogens is 6. The second kappa shape index (κ2) is 7.12. The van der Waals surface area contributed by atoms with Crippen LogP contribution in [0.5, 0.6) is 0 Å². The van der Waals surface area contributed by atoms with Crippen molar-refractivity contribution in [2.75, 3.05) is 0 Å². The Hall–Kier alpha value is -2.81. The van der Waals surface area contributed by atoms with Gasteiger partial charge in [-0.2, -0.15) is 26.3 Å². The Morgan fingerprint density at radius 2 is 1.65 bits per heavy atom. The summed E-state index contributed by atoms with van der Waals surface area (Å²) >= 11 is 0. The number of alkyl halides is 6. The molecular formula is C22H17F6NO2. The van der Waals surface area contributed by atoms with Gasteiger partial charge >= 0.3 is 12.4 Å². The average Bonchev–Trinajstić information content (AvgIpc) is 3.48. The van der Waals surface area contributed by atoms with Gasteiger partial charge in [0.15, 0.2) is 0 Å². The minimum Gasteiger partial charge on any atom is -0.468 e. The van der Waals surface area contributed by atoms with E-state index in [4.69, 9.17) is 10.5 Å². The topological polar surface area (TPSA) is 52.3 Å². The van der Waals surface area contributed by atoms with Crippen molar-refractivity contribution in [1.82, 2.24) is 0 Å². The molecule has 1 aliphatic heterocycles. The highest BCUT2D eigenvalue weighted by molar-refractivity contribution is 6.27. The molecule has 0 amide bonds. The molecule has 1 aliphatic carbocycles. The van der Waals surface area contributed by atoms with E-state index in [-0.39, 0.29) is 28.4 Å². The van der Waals surface area contributed by atoms with Crippen LogP contribution in [-0.4, -0.2) is 11.5 Å². The molecule has 2 aromatic carbocycles. The number of nitrogens with two attached hydrogens (primary N) is 1. The van der Waals surface area contributed by atoms with Crippen molar-refractivity contribution in [3.63, 3.8) is 0 Å². The number of ketones is 1. The standard InChI is InChI=1S/C22H17F6NO2/c23-21(24,25)15-6-3-5-13(10-15)17-18(12-8-9-12)31-20(29,19(17)30)11-14-4-1-2-7-16(14)22(26,27)28/h1-7,10,12H,8-9,11,29H2. The highest BCUT2D eigenvalue weighted by Gasteiger charge is 2.51. The largest absolute Gasteiger partial charge is 0.468 e. The van der Waals surface area contributed by atoms with E-state index in [1.807, 2.05) is 0 Å². The summed E-state index contributed by atoms with van der Waals surface area (Å²) in [6.07, 6.45) is -8.55. The van der Waals surface area contributed by atoms with Crippen molar-refractivity contribution in [2.24, 2.45) is 11.7 Å². The molecule has 9 heteroatoms. The third kappa shape index (κ3) is 4.06. The summed E-state index contributed by atoms with van der Waals surface area (Å²) in [5.41, 5.74) is 1.78. The van der Waals surface area contributed by atoms with Gasteiger partial charge < -0.3 is 4.74 Å². The van der Waals surface area contributed by atoms with Crippen molar-refractivity contribution in [3.05, 3.63) is 76.5 Å². The Kier molecular flexibility index (Phi) is 4.92. The fourth-order valence-electron chi connectivity index (χ4n) is 3.72. The smallest absolute Gasteiger partial charge is 0.416 e. The van der Waals surface area contributed by atoms with Gasteiger partial charge in [0.05, 0.1) is 16.7 Å². The molecule has 0 spiro atoms. The Bertz CT molecular complexity index is 1070. The lowest BCUT2D eigenvalue weighted by atomic mass is 9.90. The van der Waals surface area contributed by atoms with Crippen LogP contribution in [0.4, 0.5) is 26.3 Å². The fraction of sp³-hybridized carbons (Fsp3) is 0.318. The molecule has 0 aromatic heterocycles. The van der Waals surface area contributed by atoms with Crippen molar-refractivity contribution >= 4 is 11.4 Å². The molecule has 2 aliphatic rings. The molecule has 0 saturated heterocycles. The minimum atomic E-state index is -4.66. The van der Waals surface area contributed by atoms with Gasteiger partial charge in [-0.3, -0.25) is 10.5 Å². The maximum atomic E-state index is 13.4. The molecule has 0 radical (unpaired) electrons. The SMILES string of the molecule is NC1(Cc2ccccc2C(F)(F)F)OC(C2CC2)=C(c2cccc(C(F)(F)F)c2)C1=O. The first kappa shape index (κ1) is 21.4. The zero-order valence-corrected chi connectivity index (χ0v) is 16.0. The summed E-state index contributed by atoms with van der Waals surface area (Å²) < 4.78 is 85.3. The Balaban J connectivity index is 1.73. The summed E-state index contributed by atoms with van der Waals surface area (Å²) in [6.45, 7) is 0. The zero-order chi connectivity index (χ0) is 22.6. The number of carbonyl (C=O) groups excluding carboxylic acids is 1. The summed E-state index contributed by atoms with van der Waals surface area (Å²) in [5.74, 6) is -0.876. The third-order valence-electron chi connectivity index (χ3n) is 5.35. The molecule has 1 fully saturated rings. The monoisotopic (exact) mass is 441 g/mol. The fourth-order valence-corrected chi connectivity index (χ4v) is 3.72. The van der Waals surface area contributed by atoms with E-state index in [0.717, 1.165) is 18.2 Å².